The van der Waals surface area contributed by atoms with Crippen molar-refractivity contribution in [1.29, 1.82) is 0 Å². The molecule has 1 aromatic rings. The van der Waals surface area contributed by atoms with E-state index in [4.69, 9.17) is 4.74 Å². The third-order valence-electron chi connectivity index (χ3n) is 3.29. The van der Waals surface area contributed by atoms with Crippen molar-refractivity contribution in [1.82, 2.24) is 0 Å². The summed E-state index contributed by atoms with van der Waals surface area (Å²) in [4.78, 5) is 0. The molecule has 0 aromatic heterocycles. The minimum absolute atomic E-state index is 0.178. The molecule has 0 aliphatic carbocycles. The van der Waals surface area contributed by atoms with Gasteiger partial charge in [-0.25, -0.2) is 0 Å². The second kappa shape index (κ2) is 5.49. The molecule has 1 atom stereocenters. The Balaban J connectivity index is 2.86. The topological polar surface area (TPSA) is 9.23 Å². The third-order valence-corrected chi connectivity index (χ3v) is 3.29. The molecule has 0 bridgehead atoms. The van der Waals surface area contributed by atoms with Crippen LogP contribution in [0.1, 0.15) is 58.1 Å². The van der Waals surface area contributed by atoms with Crippen molar-refractivity contribution >= 4 is 0 Å². The highest BCUT2D eigenvalue weighted by molar-refractivity contribution is 5.28. The van der Waals surface area contributed by atoms with E-state index in [-0.39, 0.29) is 5.60 Å². The van der Waals surface area contributed by atoms with Crippen LogP contribution in [0.2, 0.25) is 0 Å². The van der Waals surface area contributed by atoms with E-state index in [0.29, 0.717) is 5.92 Å². The molecule has 0 radical (unpaired) electrons. The Bertz CT molecular complexity index is 311. The maximum Gasteiger partial charge on any atom is 0.0875 e. The van der Waals surface area contributed by atoms with E-state index in [9.17, 15) is 0 Å². The van der Waals surface area contributed by atoms with Gasteiger partial charge in [-0.1, -0.05) is 38.1 Å². The first-order valence-corrected chi connectivity index (χ1v) is 6.25. The number of benzene rings is 1. The Labute approximate surface area is 99.8 Å². The first-order valence-electron chi connectivity index (χ1n) is 6.25. The van der Waals surface area contributed by atoms with E-state index in [1.165, 1.54) is 17.5 Å². The van der Waals surface area contributed by atoms with Crippen molar-refractivity contribution in [2.75, 3.05) is 6.61 Å². The summed E-state index contributed by atoms with van der Waals surface area (Å²) in [6, 6.07) is 8.84. The summed E-state index contributed by atoms with van der Waals surface area (Å²) in [6.07, 6.45) is 1.19. The number of ether oxygens (including phenoxy) is 1. The maximum atomic E-state index is 5.74. The molecule has 16 heavy (non-hydrogen) atoms. The zero-order valence-corrected chi connectivity index (χ0v) is 11.2. The molecular formula is C15H24O. The molecule has 0 heterocycles. The molecule has 1 aromatic carbocycles. The van der Waals surface area contributed by atoms with Gasteiger partial charge in [0.2, 0.25) is 0 Å². The molecular weight excluding hydrogens is 196 g/mol. The van der Waals surface area contributed by atoms with Crippen molar-refractivity contribution in [3.63, 3.8) is 0 Å². The molecule has 0 fully saturated rings. The zero-order valence-electron chi connectivity index (χ0n) is 11.2. The van der Waals surface area contributed by atoms with E-state index in [2.05, 4.69) is 52.0 Å². The van der Waals surface area contributed by atoms with Gasteiger partial charge in [0.25, 0.3) is 0 Å². The predicted octanol–water partition coefficient (Wildman–Crippen LogP) is 4.47. The van der Waals surface area contributed by atoms with Crippen LogP contribution in [0.15, 0.2) is 24.3 Å². The normalized spacial score (nSPS) is 13.8. The Morgan fingerprint density at radius 3 is 2.12 bits per heavy atom. The molecule has 90 valence electrons. The zero-order chi connectivity index (χ0) is 12.2. The lowest BCUT2D eigenvalue weighted by atomic mass is 9.93. The minimum Gasteiger partial charge on any atom is -0.371 e. The summed E-state index contributed by atoms with van der Waals surface area (Å²) in [5.74, 6) is 0.643. The highest BCUT2D eigenvalue weighted by Gasteiger charge is 2.20. The predicted molar refractivity (Wildman–Crippen MR) is 69.8 cm³/mol. The Morgan fingerprint density at radius 2 is 1.69 bits per heavy atom. The van der Waals surface area contributed by atoms with Crippen molar-refractivity contribution in [2.24, 2.45) is 0 Å². The van der Waals surface area contributed by atoms with Gasteiger partial charge in [-0.15, -0.1) is 0 Å². The second-order valence-corrected chi connectivity index (χ2v) is 4.87. The fourth-order valence-electron chi connectivity index (χ4n) is 1.89. The highest BCUT2D eigenvalue weighted by Crippen LogP contribution is 2.27. The van der Waals surface area contributed by atoms with Gasteiger partial charge in [0, 0.05) is 6.61 Å². The fraction of sp³-hybridized carbons (Fsp3) is 0.600. The first kappa shape index (κ1) is 13.2. The van der Waals surface area contributed by atoms with Crippen LogP contribution in [0.3, 0.4) is 0 Å². The Kier molecular flexibility index (Phi) is 4.55. The Morgan fingerprint density at radius 1 is 1.12 bits per heavy atom. The monoisotopic (exact) mass is 220 g/mol. The molecule has 1 rings (SSSR count). The van der Waals surface area contributed by atoms with Crippen LogP contribution >= 0.6 is 0 Å². The standard InChI is InChI=1S/C15H24O/c1-6-12(3)13-8-10-14(11-9-13)15(4,5)16-7-2/h8-12H,6-7H2,1-5H3. The molecule has 1 nitrogen and oxygen atoms in total. The first-order chi connectivity index (χ1) is 7.51. The van der Waals surface area contributed by atoms with Crippen LogP contribution < -0.4 is 0 Å². The molecule has 0 N–H and O–H groups in total. The van der Waals surface area contributed by atoms with E-state index in [0.717, 1.165) is 6.61 Å². The SMILES string of the molecule is CCOC(C)(C)c1ccc(C(C)CC)cc1. The lowest BCUT2D eigenvalue weighted by Crippen LogP contribution is -2.21. The summed E-state index contributed by atoms with van der Waals surface area (Å²) >= 11 is 0. The van der Waals surface area contributed by atoms with Crippen molar-refractivity contribution < 1.29 is 4.74 Å². The second-order valence-electron chi connectivity index (χ2n) is 4.87. The van der Waals surface area contributed by atoms with E-state index < -0.39 is 0 Å². The fourth-order valence-corrected chi connectivity index (χ4v) is 1.89. The van der Waals surface area contributed by atoms with E-state index in [1.54, 1.807) is 0 Å². The van der Waals surface area contributed by atoms with E-state index in [1.807, 2.05) is 6.92 Å². The third kappa shape index (κ3) is 3.08. The van der Waals surface area contributed by atoms with Crippen molar-refractivity contribution in [3.05, 3.63) is 35.4 Å². The number of hydrogen-bond acceptors (Lipinski definition) is 1. The average Bonchev–Trinajstić information content (AvgIpc) is 2.28. The summed E-state index contributed by atoms with van der Waals surface area (Å²) in [6.45, 7) is 11.5. The largest absolute Gasteiger partial charge is 0.371 e. The van der Waals surface area contributed by atoms with Crippen LogP contribution in [-0.2, 0) is 10.3 Å². The summed E-state index contributed by atoms with van der Waals surface area (Å²) in [7, 11) is 0. The number of rotatable bonds is 5. The minimum atomic E-state index is -0.178. The van der Waals surface area contributed by atoms with Gasteiger partial charge < -0.3 is 4.74 Å². The molecule has 1 heteroatoms. The van der Waals surface area contributed by atoms with Crippen molar-refractivity contribution in [2.45, 2.75) is 52.6 Å². The molecule has 0 saturated heterocycles. The lowest BCUT2D eigenvalue weighted by Gasteiger charge is -2.25. The van der Waals surface area contributed by atoms with Crippen molar-refractivity contribution in [3.8, 4) is 0 Å². The molecule has 1 unspecified atom stereocenters. The van der Waals surface area contributed by atoms with Crippen LogP contribution in [0.5, 0.6) is 0 Å². The molecule has 0 aliphatic heterocycles. The number of hydrogen-bond donors (Lipinski definition) is 0. The van der Waals surface area contributed by atoms with Gasteiger partial charge in [-0.2, -0.15) is 0 Å². The summed E-state index contributed by atoms with van der Waals surface area (Å²) in [5, 5.41) is 0. The smallest absolute Gasteiger partial charge is 0.0875 e. The molecule has 0 aliphatic rings. The van der Waals surface area contributed by atoms with Gasteiger partial charge in [0.1, 0.15) is 0 Å². The van der Waals surface area contributed by atoms with Gasteiger partial charge in [0.05, 0.1) is 5.60 Å². The summed E-state index contributed by atoms with van der Waals surface area (Å²) < 4.78 is 5.74. The van der Waals surface area contributed by atoms with Crippen LogP contribution in [0.25, 0.3) is 0 Å². The maximum absolute atomic E-state index is 5.74. The highest BCUT2D eigenvalue weighted by atomic mass is 16.5. The quantitative estimate of drug-likeness (QED) is 0.711. The Hall–Kier alpha value is -0.820. The van der Waals surface area contributed by atoms with Crippen LogP contribution in [0, 0.1) is 0 Å². The lowest BCUT2D eigenvalue weighted by molar-refractivity contribution is -0.0140. The van der Waals surface area contributed by atoms with Crippen LogP contribution in [-0.4, -0.2) is 6.61 Å². The molecule has 0 amide bonds. The molecule has 0 spiro atoms. The molecule has 0 saturated carbocycles. The van der Waals surface area contributed by atoms with Crippen LogP contribution in [0.4, 0.5) is 0 Å². The van der Waals surface area contributed by atoms with E-state index >= 15 is 0 Å². The van der Waals surface area contributed by atoms with Gasteiger partial charge in [0.15, 0.2) is 0 Å². The van der Waals surface area contributed by atoms with Gasteiger partial charge in [-0.05, 0) is 44.2 Å². The van der Waals surface area contributed by atoms with Gasteiger partial charge >= 0.3 is 0 Å². The summed E-state index contributed by atoms with van der Waals surface area (Å²) in [5.41, 5.74) is 2.49. The van der Waals surface area contributed by atoms with Gasteiger partial charge in [-0.3, -0.25) is 0 Å². The average molecular weight is 220 g/mol.